The molecule has 0 aliphatic rings. The maximum Gasteiger partial charge on any atom is 0.131 e. The van der Waals surface area contributed by atoms with Crippen LogP contribution in [-0.4, -0.2) is 13.6 Å². The Morgan fingerprint density at radius 1 is 1.10 bits per heavy atom. The van der Waals surface area contributed by atoms with Crippen LogP contribution in [0, 0.1) is 25.5 Å². The third-order valence-corrected chi connectivity index (χ3v) is 3.74. The van der Waals surface area contributed by atoms with Gasteiger partial charge in [0.1, 0.15) is 11.6 Å². The minimum Gasteiger partial charge on any atom is -0.366 e. The van der Waals surface area contributed by atoms with Crippen LogP contribution in [-0.2, 0) is 0 Å². The fourth-order valence-electron chi connectivity index (χ4n) is 2.63. The van der Waals surface area contributed by atoms with E-state index in [1.165, 1.54) is 17.7 Å². The summed E-state index contributed by atoms with van der Waals surface area (Å²) in [7, 11) is 1.87. The van der Waals surface area contributed by atoms with Gasteiger partial charge in [-0.2, -0.15) is 0 Å². The lowest BCUT2D eigenvalue weighted by Crippen LogP contribution is -2.31. The Labute approximate surface area is 124 Å². The van der Waals surface area contributed by atoms with Crippen molar-refractivity contribution in [3.05, 3.63) is 64.7 Å². The van der Waals surface area contributed by atoms with E-state index in [9.17, 15) is 8.78 Å². The molecule has 0 fully saturated rings. The van der Waals surface area contributed by atoms with E-state index in [4.69, 9.17) is 5.73 Å². The van der Waals surface area contributed by atoms with Gasteiger partial charge in [0.15, 0.2) is 0 Å². The first-order valence-electron chi connectivity index (χ1n) is 6.89. The molecule has 2 rings (SSSR count). The van der Waals surface area contributed by atoms with Gasteiger partial charge in [-0.1, -0.05) is 23.8 Å². The van der Waals surface area contributed by atoms with Gasteiger partial charge in [0.25, 0.3) is 0 Å². The summed E-state index contributed by atoms with van der Waals surface area (Å²) in [5.41, 5.74) is 9.48. The average Bonchev–Trinajstić information content (AvgIpc) is 2.41. The van der Waals surface area contributed by atoms with Gasteiger partial charge in [-0.3, -0.25) is 0 Å². The summed E-state index contributed by atoms with van der Waals surface area (Å²) in [6.45, 7) is 4.27. The molecule has 2 aromatic rings. The third-order valence-electron chi connectivity index (χ3n) is 3.74. The number of halogens is 2. The molecular weight excluding hydrogens is 270 g/mol. The van der Waals surface area contributed by atoms with E-state index in [-0.39, 0.29) is 12.6 Å². The van der Waals surface area contributed by atoms with Crippen molar-refractivity contribution in [1.82, 2.24) is 0 Å². The second-order valence-electron chi connectivity index (χ2n) is 5.32. The Morgan fingerprint density at radius 2 is 1.81 bits per heavy atom. The molecule has 112 valence electrons. The zero-order chi connectivity index (χ0) is 15.6. The number of benzene rings is 2. The van der Waals surface area contributed by atoms with E-state index in [0.717, 1.165) is 17.3 Å². The monoisotopic (exact) mass is 290 g/mol. The molecule has 0 radical (unpaired) electrons. The molecule has 0 heterocycles. The first-order valence-corrected chi connectivity index (χ1v) is 6.89. The summed E-state index contributed by atoms with van der Waals surface area (Å²) in [6.07, 6.45) is 0. The number of hydrogen-bond donors (Lipinski definition) is 1. The molecule has 0 aliphatic heterocycles. The number of nitrogens with two attached hydrogens (primary N) is 1. The number of aryl methyl sites for hydroxylation is 2. The molecule has 0 saturated heterocycles. The van der Waals surface area contributed by atoms with Gasteiger partial charge < -0.3 is 10.6 Å². The molecule has 2 nitrogen and oxygen atoms in total. The molecule has 0 aromatic heterocycles. The van der Waals surface area contributed by atoms with Crippen LogP contribution in [0.5, 0.6) is 0 Å². The molecule has 21 heavy (non-hydrogen) atoms. The summed E-state index contributed by atoms with van der Waals surface area (Å²) in [6, 6.07) is 9.35. The summed E-state index contributed by atoms with van der Waals surface area (Å²) in [4.78, 5) is 1.94. The Kier molecular flexibility index (Phi) is 4.58. The lowest BCUT2D eigenvalue weighted by atomic mass is 10.0. The largest absolute Gasteiger partial charge is 0.366 e. The van der Waals surface area contributed by atoms with Crippen molar-refractivity contribution in [3.8, 4) is 0 Å². The lowest BCUT2D eigenvalue weighted by Gasteiger charge is -2.31. The van der Waals surface area contributed by atoms with Crippen molar-refractivity contribution >= 4 is 5.69 Å². The van der Waals surface area contributed by atoms with Gasteiger partial charge in [0, 0.05) is 30.9 Å². The van der Waals surface area contributed by atoms with Crippen LogP contribution >= 0.6 is 0 Å². The van der Waals surface area contributed by atoms with E-state index in [2.05, 4.69) is 6.07 Å². The van der Waals surface area contributed by atoms with Crippen LogP contribution in [0.1, 0.15) is 22.7 Å². The second kappa shape index (κ2) is 6.22. The predicted molar refractivity (Wildman–Crippen MR) is 82.5 cm³/mol. The maximum atomic E-state index is 14.0. The Morgan fingerprint density at radius 3 is 2.38 bits per heavy atom. The van der Waals surface area contributed by atoms with E-state index in [0.29, 0.717) is 5.56 Å². The van der Waals surface area contributed by atoms with E-state index < -0.39 is 11.6 Å². The minimum absolute atomic E-state index is 0.242. The van der Waals surface area contributed by atoms with Gasteiger partial charge >= 0.3 is 0 Å². The minimum atomic E-state index is -0.582. The van der Waals surface area contributed by atoms with Crippen molar-refractivity contribution in [3.63, 3.8) is 0 Å². The van der Waals surface area contributed by atoms with Crippen molar-refractivity contribution in [2.75, 3.05) is 18.5 Å². The third kappa shape index (κ3) is 3.22. The first kappa shape index (κ1) is 15.4. The highest BCUT2D eigenvalue weighted by molar-refractivity contribution is 5.55. The zero-order valence-electron chi connectivity index (χ0n) is 12.5. The number of likely N-dealkylation sites (N-methyl/N-ethyl adjacent to an activating group) is 1. The van der Waals surface area contributed by atoms with E-state index in [1.807, 2.05) is 37.9 Å². The predicted octanol–water partition coefficient (Wildman–Crippen LogP) is 3.72. The van der Waals surface area contributed by atoms with Gasteiger partial charge in [-0.05, 0) is 31.5 Å². The maximum absolute atomic E-state index is 14.0. The van der Waals surface area contributed by atoms with Gasteiger partial charge in [0.2, 0.25) is 0 Å². The summed E-state index contributed by atoms with van der Waals surface area (Å²) >= 11 is 0. The number of nitrogens with zero attached hydrogens (tertiary/aromatic N) is 1. The molecule has 0 spiro atoms. The van der Waals surface area contributed by atoms with Crippen molar-refractivity contribution in [2.45, 2.75) is 19.9 Å². The SMILES string of the molecule is Cc1ccc(N(C)C(CN)c2ccc(F)cc2F)c(C)c1. The molecule has 1 unspecified atom stereocenters. The molecule has 0 amide bonds. The number of anilines is 1. The van der Waals surface area contributed by atoms with Gasteiger partial charge in [-0.15, -0.1) is 0 Å². The molecule has 2 aromatic carbocycles. The summed E-state index contributed by atoms with van der Waals surface area (Å²) in [5, 5.41) is 0. The van der Waals surface area contributed by atoms with Crippen molar-refractivity contribution in [2.24, 2.45) is 5.73 Å². The van der Waals surface area contributed by atoms with Crippen LogP contribution in [0.15, 0.2) is 36.4 Å². The standard InChI is InChI=1S/C17H20F2N2/c1-11-4-7-16(12(2)8-11)21(3)17(10-20)14-6-5-13(18)9-15(14)19/h4-9,17H,10,20H2,1-3H3. The zero-order valence-corrected chi connectivity index (χ0v) is 12.5. The molecular formula is C17H20F2N2. The quantitative estimate of drug-likeness (QED) is 0.930. The van der Waals surface area contributed by atoms with Crippen LogP contribution in [0.25, 0.3) is 0 Å². The fraction of sp³-hybridized carbons (Fsp3) is 0.294. The number of rotatable bonds is 4. The van der Waals surface area contributed by atoms with E-state index >= 15 is 0 Å². The lowest BCUT2D eigenvalue weighted by molar-refractivity contribution is 0.549. The van der Waals surface area contributed by atoms with Crippen LogP contribution < -0.4 is 10.6 Å². The normalized spacial score (nSPS) is 12.3. The molecule has 0 saturated carbocycles. The van der Waals surface area contributed by atoms with Crippen molar-refractivity contribution < 1.29 is 8.78 Å². The Balaban J connectivity index is 2.40. The first-order chi connectivity index (χ1) is 9.93. The highest BCUT2D eigenvalue weighted by atomic mass is 19.1. The highest BCUT2D eigenvalue weighted by Gasteiger charge is 2.21. The molecule has 4 heteroatoms. The van der Waals surface area contributed by atoms with Crippen LogP contribution in [0.4, 0.5) is 14.5 Å². The molecule has 2 N–H and O–H groups in total. The summed E-state index contributed by atoms with van der Waals surface area (Å²) < 4.78 is 27.1. The average molecular weight is 290 g/mol. The molecule has 1 atom stereocenters. The highest BCUT2D eigenvalue weighted by Crippen LogP contribution is 2.29. The van der Waals surface area contributed by atoms with Gasteiger partial charge in [-0.25, -0.2) is 8.78 Å². The van der Waals surface area contributed by atoms with E-state index in [1.54, 1.807) is 0 Å². The molecule has 0 aliphatic carbocycles. The smallest absolute Gasteiger partial charge is 0.131 e. The Bertz CT molecular complexity index is 641. The van der Waals surface area contributed by atoms with Crippen LogP contribution in [0.2, 0.25) is 0 Å². The fourth-order valence-corrected chi connectivity index (χ4v) is 2.63. The topological polar surface area (TPSA) is 29.3 Å². The summed E-state index contributed by atoms with van der Waals surface area (Å²) in [5.74, 6) is -1.15. The Hall–Kier alpha value is -1.94. The second-order valence-corrected chi connectivity index (χ2v) is 5.32. The van der Waals surface area contributed by atoms with Gasteiger partial charge in [0.05, 0.1) is 6.04 Å². The molecule has 0 bridgehead atoms. The van der Waals surface area contributed by atoms with Crippen molar-refractivity contribution in [1.29, 1.82) is 0 Å². The number of hydrogen-bond acceptors (Lipinski definition) is 2. The van der Waals surface area contributed by atoms with Crippen LogP contribution in [0.3, 0.4) is 0 Å².